The predicted octanol–water partition coefficient (Wildman–Crippen LogP) is 4.02. The second-order valence-electron chi connectivity index (χ2n) is 5.51. The van der Waals surface area contributed by atoms with Gasteiger partial charge < -0.3 is 15.1 Å². The van der Waals surface area contributed by atoms with E-state index in [0.717, 1.165) is 57.7 Å². The molecule has 0 aromatic heterocycles. The van der Waals surface area contributed by atoms with Crippen molar-refractivity contribution in [1.29, 1.82) is 0 Å². The summed E-state index contributed by atoms with van der Waals surface area (Å²) in [6, 6.07) is 5.70. The molecule has 1 aliphatic heterocycles. The second kappa shape index (κ2) is 8.49. The van der Waals surface area contributed by atoms with Crippen LogP contribution in [0.25, 0.3) is 0 Å². The summed E-state index contributed by atoms with van der Waals surface area (Å²) in [5.41, 5.74) is 1.05. The summed E-state index contributed by atoms with van der Waals surface area (Å²) in [5.74, 6) is 0. The van der Waals surface area contributed by atoms with Crippen LogP contribution in [0, 0.1) is 0 Å². The lowest BCUT2D eigenvalue weighted by molar-refractivity contribution is 0.194. The zero-order valence-corrected chi connectivity index (χ0v) is 14.5. The first-order chi connectivity index (χ1) is 10.6. The van der Waals surface area contributed by atoms with Gasteiger partial charge in [-0.3, -0.25) is 0 Å². The first kappa shape index (κ1) is 17.2. The summed E-state index contributed by atoms with van der Waals surface area (Å²) in [6.45, 7) is 5.98. The van der Waals surface area contributed by atoms with E-state index in [2.05, 4.69) is 17.1 Å². The fourth-order valence-electron chi connectivity index (χ4n) is 2.53. The highest BCUT2D eigenvalue weighted by atomic mass is 35.5. The Kier molecular flexibility index (Phi) is 6.65. The summed E-state index contributed by atoms with van der Waals surface area (Å²) in [7, 11) is 0. The van der Waals surface area contributed by atoms with Crippen molar-refractivity contribution in [1.82, 2.24) is 10.2 Å². The van der Waals surface area contributed by atoms with Gasteiger partial charge in [-0.2, -0.15) is 0 Å². The van der Waals surface area contributed by atoms with Crippen LogP contribution in [0.5, 0.6) is 0 Å². The number of hydrogen-bond acceptors (Lipinski definition) is 2. The van der Waals surface area contributed by atoms with Gasteiger partial charge in [0, 0.05) is 38.4 Å². The topological polar surface area (TPSA) is 35.6 Å². The Bertz CT molecular complexity index is 502. The van der Waals surface area contributed by atoms with Gasteiger partial charge in [0.15, 0.2) is 0 Å². The first-order valence-corrected chi connectivity index (χ1v) is 8.60. The molecule has 1 N–H and O–H groups in total. The number of nitrogens with one attached hydrogen (secondary N) is 1. The molecule has 0 atom stereocenters. The third-order valence-corrected chi connectivity index (χ3v) is 4.63. The van der Waals surface area contributed by atoms with Gasteiger partial charge in [0.25, 0.3) is 0 Å². The molecule has 2 rings (SSSR count). The third-order valence-electron chi connectivity index (χ3n) is 3.89. The molecule has 1 aromatic rings. The van der Waals surface area contributed by atoms with Crippen molar-refractivity contribution in [3.05, 3.63) is 28.2 Å². The molecule has 4 nitrogen and oxygen atoms in total. The quantitative estimate of drug-likeness (QED) is 0.819. The molecule has 2 amide bonds. The highest BCUT2D eigenvalue weighted by Gasteiger charge is 2.21. The number of urea groups is 1. The summed E-state index contributed by atoms with van der Waals surface area (Å²) < 4.78 is 0. The van der Waals surface area contributed by atoms with E-state index in [9.17, 15) is 4.79 Å². The molecule has 0 saturated carbocycles. The number of piperazine rings is 1. The molecule has 6 heteroatoms. The SMILES string of the molecule is CCCCCNC(=O)N1CCN(c2ccc(Cl)c(Cl)c2)CC1. The average Bonchev–Trinajstić information content (AvgIpc) is 2.54. The number of carbonyl (C=O) groups excluding carboxylic acids is 1. The minimum Gasteiger partial charge on any atom is -0.368 e. The minimum absolute atomic E-state index is 0.0462. The molecule has 0 bridgehead atoms. The molecule has 1 saturated heterocycles. The van der Waals surface area contributed by atoms with Gasteiger partial charge in [-0.25, -0.2) is 4.79 Å². The Morgan fingerprint density at radius 1 is 1.14 bits per heavy atom. The van der Waals surface area contributed by atoms with E-state index in [1.807, 2.05) is 23.1 Å². The number of anilines is 1. The molecular weight excluding hydrogens is 321 g/mol. The van der Waals surface area contributed by atoms with Gasteiger partial charge in [-0.05, 0) is 24.6 Å². The van der Waals surface area contributed by atoms with E-state index >= 15 is 0 Å². The monoisotopic (exact) mass is 343 g/mol. The maximum atomic E-state index is 12.1. The third kappa shape index (κ3) is 4.68. The second-order valence-corrected chi connectivity index (χ2v) is 6.33. The normalized spacial score (nSPS) is 15.0. The van der Waals surface area contributed by atoms with Crippen LogP contribution in [0.1, 0.15) is 26.2 Å². The molecule has 0 unspecified atom stereocenters. The molecule has 1 fully saturated rings. The zero-order valence-electron chi connectivity index (χ0n) is 12.9. The number of benzene rings is 1. The van der Waals surface area contributed by atoms with Crippen LogP contribution in [-0.2, 0) is 0 Å². The Morgan fingerprint density at radius 2 is 1.86 bits per heavy atom. The van der Waals surface area contributed by atoms with Gasteiger partial charge in [-0.1, -0.05) is 43.0 Å². The van der Waals surface area contributed by atoms with Crippen molar-refractivity contribution >= 4 is 34.9 Å². The molecule has 1 aromatic carbocycles. The lowest BCUT2D eigenvalue weighted by atomic mass is 10.2. The minimum atomic E-state index is 0.0462. The number of unbranched alkanes of at least 4 members (excludes halogenated alkanes) is 2. The number of hydrogen-bond donors (Lipinski definition) is 1. The van der Waals surface area contributed by atoms with Crippen molar-refractivity contribution in [2.75, 3.05) is 37.6 Å². The predicted molar refractivity (Wildman–Crippen MR) is 93.2 cm³/mol. The zero-order chi connectivity index (χ0) is 15.9. The number of halogens is 2. The van der Waals surface area contributed by atoms with Crippen molar-refractivity contribution in [2.45, 2.75) is 26.2 Å². The van der Waals surface area contributed by atoms with Gasteiger partial charge >= 0.3 is 6.03 Å². The molecule has 0 spiro atoms. The lowest BCUT2D eigenvalue weighted by Crippen LogP contribution is -2.52. The highest BCUT2D eigenvalue weighted by molar-refractivity contribution is 6.42. The molecule has 1 aliphatic rings. The number of rotatable bonds is 5. The molecular formula is C16H23Cl2N3O. The Labute approximate surface area is 142 Å². The Morgan fingerprint density at radius 3 is 2.50 bits per heavy atom. The van der Waals surface area contributed by atoms with Crippen molar-refractivity contribution in [3.63, 3.8) is 0 Å². The van der Waals surface area contributed by atoms with Crippen LogP contribution < -0.4 is 10.2 Å². The lowest BCUT2D eigenvalue weighted by Gasteiger charge is -2.36. The molecule has 0 radical (unpaired) electrons. The number of carbonyl (C=O) groups is 1. The van der Waals surface area contributed by atoms with E-state index in [1.54, 1.807) is 0 Å². The fourth-order valence-corrected chi connectivity index (χ4v) is 2.82. The van der Waals surface area contributed by atoms with E-state index in [4.69, 9.17) is 23.2 Å². The van der Waals surface area contributed by atoms with Gasteiger partial charge in [0.05, 0.1) is 10.0 Å². The summed E-state index contributed by atoms with van der Waals surface area (Å²) in [6.07, 6.45) is 3.37. The Balaban J connectivity index is 1.79. The smallest absolute Gasteiger partial charge is 0.317 e. The molecule has 122 valence electrons. The van der Waals surface area contributed by atoms with Crippen molar-refractivity contribution in [2.24, 2.45) is 0 Å². The number of amides is 2. The van der Waals surface area contributed by atoms with Gasteiger partial charge in [-0.15, -0.1) is 0 Å². The van der Waals surface area contributed by atoms with Crippen LogP contribution in [0.15, 0.2) is 18.2 Å². The maximum absolute atomic E-state index is 12.1. The van der Waals surface area contributed by atoms with Crippen LogP contribution >= 0.6 is 23.2 Å². The van der Waals surface area contributed by atoms with Gasteiger partial charge in [0.1, 0.15) is 0 Å². The van der Waals surface area contributed by atoms with Gasteiger partial charge in [0.2, 0.25) is 0 Å². The van der Waals surface area contributed by atoms with E-state index in [-0.39, 0.29) is 6.03 Å². The van der Waals surface area contributed by atoms with Crippen LogP contribution in [0.4, 0.5) is 10.5 Å². The van der Waals surface area contributed by atoms with E-state index in [1.165, 1.54) is 0 Å². The van der Waals surface area contributed by atoms with Crippen molar-refractivity contribution < 1.29 is 4.79 Å². The van der Waals surface area contributed by atoms with Crippen LogP contribution in [0.2, 0.25) is 10.0 Å². The van der Waals surface area contributed by atoms with Crippen LogP contribution in [-0.4, -0.2) is 43.7 Å². The largest absolute Gasteiger partial charge is 0.368 e. The van der Waals surface area contributed by atoms with E-state index in [0.29, 0.717) is 10.0 Å². The molecule has 0 aliphatic carbocycles. The number of nitrogens with zero attached hydrogens (tertiary/aromatic N) is 2. The summed E-state index contributed by atoms with van der Waals surface area (Å²) in [5, 5.41) is 4.12. The average molecular weight is 344 g/mol. The molecule has 1 heterocycles. The summed E-state index contributed by atoms with van der Waals surface area (Å²) in [4.78, 5) is 16.2. The fraction of sp³-hybridized carbons (Fsp3) is 0.562. The Hall–Kier alpha value is -1.13. The first-order valence-electron chi connectivity index (χ1n) is 7.84. The van der Waals surface area contributed by atoms with E-state index < -0.39 is 0 Å². The molecule has 22 heavy (non-hydrogen) atoms. The summed E-state index contributed by atoms with van der Waals surface area (Å²) >= 11 is 12.0. The van der Waals surface area contributed by atoms with Crippen LogP contribution in [0.3, 0.4) is 0 Å². The maximum Gasteiger partial charge on any atom is 0.317 e. The highest BCUT2D eigenvalue weighted by Crippen LogP contribution is 2.27. The standard InChI is InChI=1S/C16H23Cl2N3O/c1-2-3-4-7-19-16(22)21-10-8-20(9-11-21)13-5-6-14(17)15(18)12-13/h5-6,12H,2-4,7-11H2,1H3,(H,19,22). The van der Waals surface area contributed by atoms with Crippen molar-refractivity contribution in [3.8, 4) is 0 Å².